The highest BCUT2D eigenvalue weighted by molar-refractivity contribution is 5.81. The van der Waals surface area contributed by atoms with Crippen LogP contribution in [-0.4, -0.2) is 63.7 Å². The van der Waals surface area contributed by atoms with E-state index in [-0.39, 0.29) is 11.3 Å². The van der Waals surface area contributed by atoms with Gasteiger partial charge in [0.05, 0.1) is 6.61 Å². The Morgan fingerprint density at radius 2 is 2.00 bits per heavy atom. The van der Waals surface area contributed by atoms with Crippen LogP contribution in [0.25, 0.3) is 0 Å². The fourth-order valence-corrected chi connectivity index (χ4v) is 2.20. The van der Waals surface area contributed by atoms with Crippen LogP contribution in [0.15, 0.2) is 4.99 Å². The van der Waals surface area contributed by atoms with E-state index in [2.05, 4.69) is 20.5 Å². The molecule has 1 unspecified atom stereocenters. The van der Waals surface area contributed by atoms with Crippen molar-refractivity contribution in [1.82, 2.24) is 15.5 Å². The van der Waals surface area contributed by atoms with Crippen molar-refractivity contribution in [2.75, 3.05) is 46.9 Å². The predicted molar refractivity (Wildman–Crippen MR) is 85.4 cm³/mol. The van der Waals surface area contributed by atoms with Gasteiger partial charge in [-0.1, -0.05) is 20.8 Å². The number of nitrogens with one attached hydrogen (secondary N) is 2. The highest BCUT2D eigenvalue weighted by Crippen LogP contribution is 2.13. The maximum atomic E-state index is 11.7. The van der Waals surface area contributed by atoms with Gasteiger partial charge in [-0.2, -0.15) is 0 Å². The number of rotatable bonds is 5. The topological polar surface area (TPSA) is 66.0 Å². The first-order chi connectivity index (χ1) is 9.84. The lowest BCUT2D eigenvalue weighted by Gasteiger charge is -2.25. The summed E-state index contributed by atoms with van der Waals surface area (Å²) in [4.78, 5) is 18.1. The molecule has 122 valence electrons. The maximum Gasteiger partial charge on any atom is 0.225 e. The molecule has 1 aliphatic rings. The van der Waals surface area contributed by atoms with Crippen molar-refractivity contribution in [2.45, 2.75) is 27.2 Å². The van der Waals surface area contributed by atoms with E-state index in [0.29, 0.717) is 19.0 Å². The van der Waals surface area contributed by atoms with Gasteiger partial charge in [0.2, 0.25) is 5.91 Å². The number of amides is 1. The summed E-state index contributed by atoms with van der Waals surface area (Å²) in [5.41, 5.74) is -0.346. The summed E-state index contributed by atoms with van der Waals surface area (Å²) in [5.74, 6) is 1.50. The van der Waals surface area contributed by atoms with Crippen LogP contribution in [0.5, 0.6) is 0 Å². The average Bonchev–Trinajstić information content (AvgIpc) is 2.90. The standard InChI is InChI=1S/C15H30N4O2/c1-15(2,3)13(20)17-7-8-18-14(16-4)19(5)10-12-6-9-21-11-12/h12H,6-11H2,1-5H3,(H,16,18)(H,17,20). The molecule has 0 aromatic carbocycles. The summed E-state index contributed by atoms with van der Waals surface area (Å²) < 4.78 is 5.39. The first kappa shape index (κ1) is 17.8. The Balaban J connectivity index is 2.26. The molecule has 1 saturated heterocycles. The highest BCUT2D eigenvalue weighted by atomic mass is 16.5. The first-order valence-corrected chi connectivity index (χ1v) is 7.62. The van der Waals surface area contributed by atoms with Crippen LogP contribution in [0.2, 0.25) is 0 Å². The number of hydrogen-bond acceptors (Lipinski definition) is 3. The van der Waals surface area contributed by atoms with E-state index < -0.39 is 0 Å². The fourth-order valence-electron chi connectivity index (χ4n) is 2.20. The van der Waals surface area contributed by atoms with Crippen molar-refractivity contribution in [3.63, 3.8) is 0 Å². The van der Waals surface area contributed by atoms with E-state index in [0.717, 1.165) is 32.1 Å². The van der Waals surface area contributed by atoms with Crippen LogP contribution in [0, 0.1) is 11.3 Å². The maximum absolute atomic E-state index is 11.7. The molecule has 6 heteroatoms. The summed E-state index contributed by atoms with van der Waals surface area (Å²) in [6.07, 6.45) is 1.11. The summed E-state index contributed by atoms with van der Waals surface area (Å²) in [7, 11) is 3.80. The number of carbonyl (C=O) groups is 1. The lowest BCUT2D eigenvalue weighted by atomic mass is 9.96. The molecule has 1 heterocycles. The van der Waals surface area contributed by atoms with Gasteiger partial charge >= 0.3 is 0 Å². The second kappa shape index (κ2) is 8.22. The third-order valence-corrected chi connectivity index (χ3v) is 3.50. The van der Waals surface area contributed by atoms with E-state index in [1.165, 1.54) is 0 Å². The van der Waals surface area contributed by atoms with Crippen molar-refractivity contribution in [3.05, 3.63) is 0 Å². The molecule has 1 atom stereocenters. The van der Waals surface area contributed by atoms with Gasteiger partial charge in [-0.15, -0.1) is 0 Å². The molecule has 1 amide bonds. The molecule has 0 radical (unpaired) electrons. The minimum atomic E-state index is -0.346. The van der Waals surface area contributed by atoms with Crippen molar-refractivity contribution in [2.24, 2.45) is 16.3 Å². The molecule has 1 fully saturated rings. The van der Waals surface area contributed by atoms with E-state index >= 15 is 0 Å². The molecular formula is C15H30N4O2. The summed E-state index contributed by atoms with van der Waals surface area (Å²) in [6.45, 7) is 9.63. The Morgan fingerprint density at radius 1 is 1.33 bits per heavy atom. The summed E-state index contributed by atoms with van der Waals surface area (Å²) >= 11 is 0. The van der Waals surface area contributed by atoms with Gasteiger partial charge < -0.3 is 20.3 Å². The highest BCUT2D eigenvalue weighted by Gasteiger charge is 2.21. The zero-order valence-corrected chi connectivity index (χ0v) is 14.0. The second-order valence-corrected chi connectivity index (χ2v) is 6.59. The molecule has 2 N–H and O–H groups in total. The summed E-state index contributed by atoms with van der Waals surface area (Å²) in [5, 5.41) is 6.19. The quantitative estimate of drug-likeness (QED) is 0.445. The molecular weight excluding hydrogens is 268 g/mol. The number of carbonyl (C=O) groups excluding carboxylic acids is 1. The molecule has 0 aromatic heterocycles. The second-order valence-electron chi connectivity index (χ2n) is 6.59. The smallest absolute Gasteiger partial charge is 0.225 e. The molecule has 0 saturated carbocycles. The monoisotopic (exact) mass is 298 g/mol. The molecule has 0 bridgehead atoms. The zero-order valence-electron chi connectivity index (χ0n) is 14.0. The van der Waals surface area contributed by atoms with Crippen LogP contribution in [0.1, 0.15) is 27.2 Å². The van der Waals surface area contributed by atoms with Crippen molar-refractivity contribution >= 4 is 11.9 Å². The molecule has 1 rings (SSSR count). The van der Waals surface area contributed by atoms with Gasteiger partial charge in [0.1, 0.15) is 0 Å². The lowest BCUT2D eigenvalue weighted by Crippen LogP contribution is -2.45. The van der Waals surface area contributed by atoms with Crippen molar-refractivity contribution in [3.8, 4) is 0 Å². The largest absolute Gasteiger partial charge is 0.381 e. The molecule has 1 aliphatic heterocycles. The number of nitrogens with zero attached hydrogens (tertiary/aromatic N) is 2. The van der Waals surface area contributed by atoms with E-state index in [1.54, 1.807) is 7.05 Å². The number of guanidine groups is 1. The van der Waals surface area contributed by atoms with Crippen molar-refractivity contribution in [1.29, 1.82) is 0 Å². The van der Waals surface area contributed by atoms with Crippen LogP contribution >= 0.6 is 0 Å². The van der Waals surface area contributed by atoms with E-state index in [9.17, 15) is 4.79 Å². The Morgan fingerprint density at radius 3 is 2.52 bits per heavy atom. The fraction of sp³-hybridized carbons (Fsp3) is 0.867. The Labute approximate surface area is 128 Å². The Hall–Kier alpha value is -1.30. The number of ether oxygens (including phenoxy) is 1. The Bertz CT molecular complexity index is 357. The molecule has 0 aliphatic carbocycles. The van der Waals surface area contributed by atoms with Gasteiger partial charge in [-0.25, -0.2) is 0 Å². The third kappa shape index (κ3) is 6.33. The SMILES string of the molecule is CN=C(NCCNC(=O)C(C)(C)C)N(C)CC1CCOC1. The predicted octanol–water partition coefficient (Wildman–Crippen LogP) is 0.692. The van der Waals surface area contributed by atoms with Gasteiger partial charge in [0.15, 0.2) is 5.96 Å². The minimum absolute atomic E-state index is 0.0655. The van der Waals surface area contributed by atoms with Gasteiger partial charge in [-0.3, -0.25) is 9.79 Å². The van der Waals surface area contributed by atoms with Crippen LogP contribution in [0.4, 0.5) is 0 Å². The normalized spacial score (nSPS) is 19.5. The molecule has 0 spiro atoms. The molecule has 6 nitrogen and oxygen atoms in total. The van der Waals surface area contributed by atoms with Gasteiger partial charge in [0, 0.05) is 51.7 Å². The molecule has 0 aromatic rings. The van der Waals surface area contributed by atoms with Crippen LogP contribution < -0.4 is 10.6 Å². The van der Waals surface area contributed by atoms with Gasteiger partial charge in [0.25, 0.3) is 0 Å². The first-order valence-electron chi connectivity index (χ1n) is 7.62. The number of aliphatic imine (C=N–C) groups is 1. The Kier molecular flexibility index (Phi) is 6.95. The third-order valence-electron chi connectivity index (χ3n) is 3.50. The number of hydrogen-bond donors (Lipinski definition) is 2. The van der Waals surface area contributed by atoms with Crippen LogP contribution in [-0.2, 0) is 9.53 Å². The summed E-state index contributed by atoms with van der Waals surface area (Å²) in [6, 6.07) is 0. The van der Waals surface area contributed by atoms with Crippen LogP contribution in [0.3, 0.4) is 0 Å². The van der Waals surface area contributed by atoms with Crippen molar-refractivity contribution < 1.29 is 9.53 Å². The van der Waals surface area contributed by atoms with E-state index in [4.69, 9.17) is 4.74 Å². The molecule has 21 heavy (non-hydrogen) atoms. The van der Waals surface area contributed by atoms with E-state index in [1.807, 2.05) is 27.8 Å². The minimum Gasteiger partial charge on any atom is -0.381 e. The van der Waals surface area contributed by atoms with Gasteiger partial charge in [-0.05, 0) is 6.42 Å². The average molecular weight is 298 g/mol. The zero-order chi connectivity index (χ0) is 15.9. The lowest BCUT2D eigenvalue weighted by molar-refractivity contribution is -0.128.